The van der Waals surface area contributed by atoms with E-state index in [0.717, 1.165) is 5.56 Å². The summed E-state index contributed by atoms with van der Waals surface area (Å²) in [6.07, 6.45) is -0.603. The van der Waals surface area contributed by atoms with Gasteiger partial charge in [0.05, 0.1) is 6.10 Å². The Morgan fingerprint density at radius 3 is 2.67 bits per heavy atom. The smallest absolute Gasteiger partial charge is 0.168 e. The largest absolute Gasteiger partial charge is 0.388 e. The molecule has 0 heterocycles. The van der Waals surface area contributed by atoms with Crippen LogP contribution in [0.15, 0.2) is 24.3 Å². The van der Waals surface area contributed by atoms with Crippen molar-refractivity contribution in [1.29, 1.82) is 0 Å². The molecule has 1 aliphatic carbocycles. The van der Waals surface area contributed by atoms with E-state index in [1.165, 1.54) is 0 Å². The molecule has 1 aromatic rings. The van der Waals surface area contributed by atoms with Crippen LogP contribution in [0.25, 0.3) is 0 Å². The topological polar surface area (TPSA) is 37.3 Å². The zero-order valence-corrected chi connectivity index (χ0v) is 6.82. The van der Waals surface area contributed by atoms with Gasteiger partial charge in [0, 0.05) is 11.5 Å². The summed E-state index contributed by atoms with van der Waals surface area (Å²) in [5.41, 5.74) is 1.45. The molecule has 0 spiro atoms. The lowest BCUT2D eigenvalue weighted by molar-refractivity contribution is 0.0790. The first-order valence-corrected chi connectivity index (χ1v) is 4.03. The number of aliphatic hydroxyl groups excluding tert-OH is 1. The van der Waals surface area contributed by atoms with E-state index in [2.05, 4.69) is 0 Å². The molecule has 0 radical (unpaired) electrons. The predicted molar refractivity (Wildman–Crippen MR) is 44.9 cm³/mol. The molecule has 1 aromatic carbocycles. The maximum Gasteiger partial charge on any atom is 0.168 e. The minimum Gasteiger partial charge on any atom is -0.388 e. The van der Waals surface area contributed by atoms with Crippen molar-refractivity contribution in [2.24, 2.45) is 5.92 Å². The highest BCUT2D eigenvalue weighted by atomic mass is 16.3. The molecule has 1 N–H and O–H groups in total. The number of hydrogen-bond acceptors (Lipinski definition) is 2. The van der Waals surface area contributed by atoms with Gasteiger partial charge in [-0.15, -0.1) is 0 Å². The molecule has 62 valence electrons. The van der Waals surface area contributed by atoms with Crippen molar-refractivity contribution < 1.29 is 9.90 Å². The van der Waals surface area contributed by atoms with Crippen molar-refractivity contribution >= 4 is 5.78 Å². The lowest BCUT2D eigenvalue weighted by Gasteiger charge is -2.05. The molecule has 2 heteroatoms. The molecule has 0 saturated heterocycles. The minimum atomic E-state index is -0.603. The van der Waals surface area contributed by atoms with Gasteiger partial charge < -0.3 is 5.11 Å². The van der Waals surface area contributed by atoms with Crippen LogP contribution in [-0.4, -0.2) is 10.9 Å². The average Bonchev–Trinajstić information content (AvgIpc) is 2.33. The Bertz CT molecular complexity index is 330. The maximum atomic E-state index is 11.4. The Kier molecular flexibility index (Phi) is 1.51. The summed E-state index contributed by atoms with van der Waals surface area (Å²) < 4.78 is 0. The van der Waals surface area contributed by atoms with Gasteiger partial charge in [-0.1, -0.05) is 31.2 Å². The highest BCUT2D eigenvalue weighted by molar-refractivity contribution is 6.02. The highest BCUT2D eigenvalue weighted by Gasteiger charge is 2.34. The Labute approximate surface area is 70.8 Å². The zero-order chi connectivity index (χ0) is 8.72. The second-order valence-electron chi connectivity index (χ2n) is 3.19. The van der Waals surface area contributed by atoms with E-state index in [1.807, 2.05) is 12.1 Å². The van der Waals surface area contributed by atoms with Crippen molar-refractivity contribution in [1.82, 2.24) is 0 Å². The summed E-state index contributed by atoms with van der Waals surface area (Å²) in [6, 6.07) is 7.24. The standard InChI is InChI=1S/C10H10O2/c1-6-9(11)7-4-2-3-5-8(7)10(6)12/h2-6,9,11H,1H3/t6-,9-/m1/s1. The van der Waals surface area contributed by atoms with Gasteiger partial charge in [0.1, 0.15) is 0 Å². The van der Waals surface area contributed by atoms with Crippen LogP contribution in [0.1, 0.15) is 28.9 Å². The number of Topliss-reactive ketones (excluding diaryl/α,β-unsaturated/α-hetero) is 1. The predicted octanol–water partition coefficient (Wildman–Crippen LogP) is 1.55. The van der Waals surface area contributed by atoms with Crippen LogP contribution in [0.3, 0.4) is 0 Å². The van der Waals surface area contributed by atoms with Gasteiger partial charge in [-0.25, -0.2) is 0 Å². The molecule has 0 unspecified atom stereocenters. The fourth-order valence-corrected chi connectivity index (χ4v) is 1.64. The van der Waals surface area contributed by atoms with Crippen molar-refractivity contribution in [2.45, 2.75) is 13.0 Å². The van der Waals surface area contributed by atoms with E-state index < -0.39 is 6.10 Å². The molecule has 2 nitrogen and oxygen atoms in total. The highest BCUT2D eigenvalue weighted by Crippen LogP contribution is 2.34. The van der Waals surface area contributed by atoms with Gasteiger partial charge in [-0.2, -0.15) is 0 Å². The third-order valence-corrected chi connectivity index (χ3v) is 2.43. The first-order valence-electron chi connectivity index (χ1n) is 4.03. The van der Waals surface area contributed by atoms with Gasteiger partial charge in [-0.3, -0.25) is 4.79 Å². The number of aliphatic hydroxyl groups is 1. The molecule has 0 saturated carbocycles. The van der Waals surface area contributed by atoms with Crippen molar-refractivity contribution in [3.8, 4) is 0 Å². The number of ketones is 1. The van der Waals surface area contributed by atoms with E-state index in [-0.39, 0.29) is 11.7 Å². The van der Waals surface area contributed by atoms with Gasteiger partial charge in [0.2, 0.25) is 0 Å². The fourth-order valence-electron chi connectivity index (χ4n) is 1.64. The summed E-state index contributed by atoms with van der Waals surface area (Å²) in [5.74, 6) is -0.222. The third kappa shape index (κ3) is 0.816. The second-order valence-corrected chi connectivity index (χ2v) is 3.19. The normalized spacial score (nSPS) is 27.3. The van der Waals surface area contributed by atoms with Gasteiger partial charge in [0.25, 0.3) is 0 Å². The number of carbonyl (C=O) groups excluding carboxylic acids is 1. The zero-order valence-electron chi connectivity index (χ0n) is 6.82. The monoisotopic (exact) mass is 162 g/mol. The van der Waals surface area contributed by atoms with Crippen LogP contribution in [0.4, 0.5) is 0 Å². The Morgan fingerprint density at radius 2 is 2.00 bits per heavy atom. The van der Waals surface area contributed by atoms with Crippen LogP contribution < -0.4 is 0 Å². The van der Waals surface area contributed by atoms with Crippen LogP contribution in [0, 0.1) is 5.92 Å². The van der Waals surface area contributed by atoms with Crippen LogP contribution in [0.5, 0.6) is 0 Å². The first kappa shape index (κ1) is 7.50. The van der Waals surface area contributed by atoms with E-state index in [1.54, 1.807) is 19.1 Å². The number of benzene rings is 1. The lowest BCUT2D eigenvalue weighted by atomic mass is 10.1. The lowest BCUT2D eigenvalue weighted by Crippen LogP contribution is -2.08. The van der Waals surface area contributed by atoms with Crippen molar-refractivity contribution in [2.75, 3.05) is 0 Å². The molecular weight excluding hydrogens is 152 g/mol. The number of rotatable bonds is 0. The van der Waals surface area contributed by atoms with Crippen LogP contribution in [-0.2, 0) is 0 Å². The number of carbonyl (C=O) groups is 1. The molecule has 0 bridgehead atoms. The molecular formula is C10H10O2. The molecule has 12 heavy (non-hydrogen) atoms. The van der Waals surface area contributed by atoms with Gasteiger partial charge in [-0.05, 0) is 5.56 Å². The SMILES string of the molecule is C[C@H]1C(=O)c2ccccc2[C@@H]1O. The number of hydrogen-bond donors (Lipinski definition) is 1. The molecule has 2 atom stereocenters. The van der Waals surface area contributed by atoms with Gasteiger partial charge >= 0.3 is 0 Å². The fraction of sp³-hybridized carbons (Fsp3) is 0.300. The Morgan fingerprint density at radius 1 is 1.33 bits per heavy atom. The number of fused-ring (bicyclic) bond motifs is 1. The average molecular weight is 162 g/mol. The van der Waals surface area contributed by atoms with E-state index in [4.69, 9.17) is 0 Å². The summed E-state index contributed by atoms with van der Waals surface area (Å²) in [7, 11) is 0. The summed E-state index contributed by atoms with van der Waals surface area (Å²) in [5, 5.41) is 9.60. The molecule has 0 amide bonds. The Balaban J connectivity index is 2.59. The second kappa shape index (κ2) is 2.42. The third-order valence-electron chi connectivity index (χ3n) is 2.43. The van der Waals surface area contributed by atoms with E-state index >= 15 is 0 Å². The van der Waals surface area contributed by atoms with Crippen LogP contribution >= 0.6 is 0 Å². The molecule has 2 rings (SSSR count). The summed E-state index contributed by atoms with van der Waals surface area (Å²) in [6.45, 7) is 1.76. The Hall–Kier alpha value is -1.15. The van der Waals surface area contributed by atoms with Crippen molar-refractivity contribution in [3.63, 3.8) is 0 Å². The molecule has 0 fully saturated rings. The quantitative estimate of drug-likeness (QED) is 0.628. The van der Waals surface area contributed by atoms with E-state index in [9.17, 15) is 9.90 Å². The molecule has 0 aromatic heterocycles. The summed E-state index contributed by atoms with van der Waals surface area (Å²) >= 11 is 0. The van der Waals surface area contributed by atoms with Crippen molar-refractivity contribution in [3.05, 3.63) is 35.4 Å². The van der Waals surface area contributed by atoms with E-state index in [0.29, 0.717) is 5.56 Å². The van der Waals surface area contributed by atoms with Crippen LogP contribution in [0.2, 0.25) is 0 Å². The minimum absolute atomic E-state index is 0.0538. The molecule has 1 aliphatic rings. The van der Waals surface area contributed by atoms with Gasteiger partial charge in [0.15, 0.2) is 5.78 Å². The molecule has 0 aliphatic heterocycles. The summed E-state index contributed by atoms with van der Waals surface area (Å²) in [4.78, 5) is 11.4. The maximum absolute atomic E-state index is 11.4. The first-order chi connectivity index (χ1) is 5.72.